The maximum Gasteiger partial charge on any atom is 0.138 e. The molecule has 17 heavy (non-hydrogen) atoms. The minimum Gasteiger partial charge on any atom is -0.369 e. The van der Waals surface area contributed by atoms with E-state index in [1.807, 2.05) is 0 Å². The molecule has 1 aliphatic heterocycles. The van der Waals surface area contributed by atoms with E-state index in [2.05, 4.69) is 32.0 Å². The van der Waals surface area contributed by atoms with Gasteiger partial charge in [0.05, 0.1) is 5.39 Å². The summed E-state index contributed by atoms with van der Waals surface area (Å²) >= 11 is 1.66. The topological polar surface area (TPSA) is 49.8 Å². The summed E-state index contributed by atoms with van der Waals surface area (Å²) in [6.45, 7) is 3.28. The average molecular weight is 248 g/mol. The van der Waals surface area contributed by atoms with Gasteiger partial charge < -0.3 is 10.6 Å². The highest BCUT2D eigenvalue weighted by molar-refractivity contribution is 7.16. The number of hydrogen-bond acceptors (Lipinski definition) is 5. The molecule has 2 aromatic rings. The Morgan fingerprint density at radius 2 is 2.47 bits per heavy atom. The molecule has 5 heteroatoms. The Balaban J connectivity index is 1.69. The van der Waals surface area contributed by atoms with Crippen molar-refractivity contribution in [3.63, 3.8) is 0 Å². The predicted octanol–water partition coefficient (Wildman–Crippen LogP) is 2.10. The summed E-state index contributed by atoms with van der Waals surface area (Å²) in [6.07, 6.45) is 4.22. The number of piperidine rings is 1. The molecule has 1 saturated heterocycles. The monoisotopic (exact) mass is 248 g/mol. The Hall–Kier alpha value is -1.20. The molecule has 0 bridgehead atoms. The van der Waals surface area contributed by atoms with Crippen LogP contribution in [0.25, 0.3) is 10.2 Å². The first-order valence-corrected chi connectivity index (χ1v) is 6.94. The molecule has 2 N–H and O–H groups in total. The predicted molar refractivity (Wildman–Crippen MR) is 71.5 cm³/mol. The maximum atomic E-state index is 4.33. The Morgan fingerprint density at radius 1 is 1.47 bits per heavy atom. The van der Waals surface area contributed by atoms with E-state index in [1.165, 1.54) is 19.4 Å². The molecule has 0 aromatic carbocycles. The second-order valence-corrected chi connectivity index (χ2v) is 5.35. The Labute approximate surface area is 104 Å². The molecule has 1 unspecified atom stereocenters. The first kappa shape index (κ1) is 10.9. The van der Waals surface area contributed by atoms with Crippen LogP contribution in [0.4, 0.5) is 5.82 Å². The lowest BCUT2D eigenvalue weighted by Gasteiger charge is -2.23. The lowest BCUT2D eigenvalue weighted by molar-refractivity contribution is 0.392. The van der Waals surface area contributed by atoms with E-state index in [9.17, 15) is 0 Å². The van der Waals surface area contributed by atoms with Crippen LogP contribution in [0, 0.1) is 5.92 Å². The van der Waals surface area contributed by atoms with Crippen LogP contribution < -0.4 is 10.6 Å². The van der Waals surface area contributed by atoms with Crippen molar-refractivity contribution in [2.75, 3.05) is 25.0 Å². The fraction of sp³-hybridized carbons (Fsp3) is 0.500. The van der Waals surface area contributed by atoms with Crippen molar-refractivity contribution in [2.45, 2.75) is 12.8 Å². The van der Waals surface area contributed by atoms with Crippen LogP contribution >= 0.6 is 11.3 Å². The molecule has 0 amide bonds. The number of aromatic nitrogens is 2. The Kier molecular flexibility index (Phi) is 3.20. The van der Waals surface area contributed by atoms with E-state index in [-0.39, 0.29) is 0 Å². The zero-order valence-corrected chi connectivity index (χ0v) is 10.5. The maximum absolute atomic E-state index is 4.33. The van der Waals surface area contributed by atoms with Gasteiger partial charge in [-0.25, -0.2) is 9.97 Å². The van der Waals surface area contributed by atoms with Gasteiger partial charge in [-0.05, 0) is 43.3 Å². The minimum absolute atomic E-state index is 0.715. The van der Waals surface area contributed by atoms with Crippen LogP contribution in [0.1, 0.15) is 12.8 Å². The Bertz CT molecular complexity index is 490. The van der Waals surface area contributed by atoms with Crippen LogP contribution in [0.15, 0.2) is 17.8 Å². The fourth-order valence-corrected chi connectivity index (χ4v) is 3.00. The summed E-state index contributed by atoms with van der Waals surface area (Å²) in [5, 5.41) is 10.1. The number of fused-ring (bicyclic) bond motifs is 1. The van der Waals surface area contributed by atoms with Crippen molar-refractivity contribution in [1.82, 2.24) is 15.3 Å². The first-order chi connectivity index (χ1) is 8.43. The van der Waals surface area contributed by atoms with Gasteiger partial charge in [0.25, 0.3) is 0 Å². The summed E-state index contributed by atoms with van der Waals surface area (Å²) in [5.41, 5.74) is 0. The molecular weight excluding hydrogens is 232 g/mol. The summed E-state index contributed by atoms with van der Waals surface area (Å²) in [6, 6.07) is 2.08. The van der Waals surface area contributed by atoms with Gasteiger partial charge in [-0.15, -0.1) is 11.3 Å². The smallest absolute Gasteiger partial charge is 0.138 e. The van der Waals surface area contributed by atoms with Crippen molar-refractivity contribution in [2.24, 2.45) is 5.92 Å². The van der Waals surface area contributed by atoms with E-state index in [4.69, 9.17) is 0 Å². The van der Waals surface area contributed by atoms with Crippen LogP contribution in [0.3, 0.4) is 0 Å². The molecule has 0 spiro atoms. The molecule has 4 nitrogen and oxygen atoms in total. The summed E-state index contributed by atoms with van der Waals surface area (Å²) in [4.78, 5) is 9.64. The van der Waals surface area contributed by atoms with Gasteiger partial charge in [0.1, 0.15) is 17.0 Å². The minimum atomic E-state index is 0.715. The van der Waals surface area contributed by atoms with E-state index < -0.39 is 0 Å². The molecule has 90 valence electrons. The fourth-order valence-electron chi connectivity index (χ4n) is 2.27. The molecule has 0 radical (unpaired) electrons. The van der Waals surface area contributed by atoms with Gasteiger partial charge in [-0.2, -0.15) is 0 Å². The van der Waals surface area contributed by atoms with Crippen LogP contribution in [0.2, 0.25) is 0 Å². The third-order valence-electron chi connectivity index (χ3n) is 3.22. The molecular formula is C12H16N4S. The van der Waals surface area contributed by atoms with Gasteiger partial charge in [0, 0.05) is 6.54 Å². The number of hydrogen-bond donors (Lipinski definition) is 2. The van der Waals surface area contributed by atoms with Crippen molar-refractivity contribution in [3.8, 4) is 0 Å². The number of nitrogens with one attached hydrogen (secondary N) is 2. The third-order valence-corrected chi connectivity index (χ3v) is 4.04. The second-order valence-electron chi connectivity index (χ2n) is 4.45. The van der Waals surface area contributed by atoms with Crippen molar-refractivity contribution < 1.29 is 0 Å². The second kappa shape index (κ2) is 4.98. The van der Waals surface area contributed by atoms with Crippen LogP contribution in [0.5, 0.6) is 0 Å². The van der Waals surface area contributed by atoms with E-state index in [0.29, 0.717) is 5.92 Å². The van der Waals surface area contributed by atoms with Gasteiger partial charge >= 0.3 is 0 Å². The number of nitrogens with zero attached hydrogens (tertiary/aromatic N) is 2. The number of anilines is 1. The third kappa shape index (κ3) is 2.40. The zero-order valence-electron chi connectivity index (χ0n) is 9.65. The molecule has 1 atom stereocenters. The van der Waals surface area contributed by atoms with E-state index >= 15 is 0 Å². The van der Waals surface area contributed by atoms with Crippen LogP contribution in [-0.4, -0.2) is 29.6 Å². The standard InChI is InChI=1S/C12H16N4S/c1-2-9(6-13-4-1)7-14-11-10-3-5-17-12(10)16-8-15-11/h3,5,8-9,13H,1-2,4,6-7H2,(H,14,15,16). The molecule has 1 fully saturated rings. The van der Waals surface area contributed by atoms with Gasteiger partial charge in [-0.3, -0.25) is 0 Å². The average Bonchev–Trinajstić information content (AvgIpc) is 2.86. The molecule has 3 heterocycles. The highest BCUT2D eigenvalue weighted by atomic mass is 32.1. The van der Waals surface area contributed by atoms with E-state index in [0.717, 1.165) is 29.1 Å². The van der Waals surface area contributed by atoms with Gasteiger partial charge in [-0.1, -0.05) is 0 Å². The van der Waals surface area contributed by atoms with Crippen molar-refractivity contribution in [3.05, 3.63) is 17.8 Å². The number of rotatable bonds is 3. The normalized spacial score (nSPS) is 20.6. The molecule has 1 aliphatic rings. The summed E-state index contributed by atoms with van der Waals surface area (Å²) in [5.74, 6) is 1.69. The lowest BCUT2D eigenvalue weighted by Crippen LogP contribution is -2.33. The lowest BCUT2D eigenvalue weighted by atomic mass is 10.00. The molecule has 0 aliphatic carbocycles. The largest absolute Gasteiger partial charge is 0.369 e. The molecule has 0 saturated carbocycles. The van der Waals surface area contributed by atoms with Gasteiger partial charge in [0.2, 0.25) is 0 Å². The highest BCUT2D eigenvalue weighted by Crippen LogP contribution is 2.24. The first-order valence-electron chi connectivity index (χ1n) is 6.06. The van der Waals surface area contributed by atoms with Gasteiger partial charge in [0.15, 0.2) is 0 Å². The van der Waals surface area contributed by atoms with Crippen LogP contribution in [-0.2, 0) is 0 Å². The summed E-state index contributed by atoms with van der Waals surface area (Å²) < 4.78 is 0. The highest BCUT2D eigenvalue weighted by Gasteiger charge is 2.13. The van der Waals surface area contributed by atoms with Crippen molar-refractivity contribution in [1.29, 1.82) is 0 Å². The molecule has 2 aromatic heterocycles. The number of thiophene rings is 1. The quantitative estimate of drug-likeness (QED) is 0.873. The summed E-state index contributed by atoms with van der Waals surface area (Å²) in [7, 11) is 0. The van der Waals surface area contributed by atoms with Crippen molar-refractivity contribution >= 4 is 27.4 Å². The zero-order chi connectivity index (χ0) is 11.5. The Morgan fingerprint density at radius 3 is 3.35 bits per heavy atom. The molecule has 3 rings (SSSR count). The van der Waals surface area contributed by atoms with E-state index in [1.54, 1.807) is 17.7 Å². The SMILES string of the molecule is c1nc(NCC2CCCNC2)c2ccsc2n1.